The third kappa shape index (κ3) is 4.22. The number of carboxylic acids is 1. The Morgan fingerprint density at radius 3 is 3.05 bits per heavy atom. The Bertz CT molecular complexity index is 641. The van der Waals surface area contributed by atoms with Gasteiger partial charge in [0.15, 0.2) is 0 Å². The molecule has 7 heteroatoms. The van der Waals surface area contributed by atoms with Crippen molar-refractivity contribution < 1.29 is 14.7 Å². The number of aromatic nitrogens is 2. The van der Waals surface area contributed by atoms with E-state index < -0.39 is 12.0 Å². The number of nitrogens with zero attached hydrogens (tertiary/aromatic N) is 2. The number of thioether (sulfide) groups is 1. The molecule has 0 saturated heterocycles. The fraction of sp³-hybridized carbons (Fsp3) is 0.357. The summed E-state index contributed by atoms with van der Waals surface area (Å²) in [6.45, 7) is 2.03. The quantitative estimate of drug-likeness (QED) is 0.570. The van der Waals surface area contributed by atoms with Gasteiger partial charge in [-0.1, -0.05) is 6.07 Å². The van der Waals surface area contributed by atoms with Gasteiger partial charge in [-0.25, -0.2) is 9.78 Å². The third-order valence-electron chi connectivity index (χ3n) is 3.02. The number of nitrogens with one attached hydrogen (secondary N) is 1. The van der Waals surface area contributed by atoms with Crippen LogP contribution in [0.3, 0.4) is 0 Å². The van der Waals surface area contributed by atoms with E-state index in [1.807, 2.05) is 35.9 Å². The summed E-state index contributed by atoms with van der Waals surface area (Å²) in [5, 5.41) is 11.2. The van der Waals surface area contributed by atoms with E-state index in [4.69, 9.17) is 5.11 Å². The van der Waals surface area contributed by atoms with E-state index in [2.05, 4.69) is 10.3 Å². The number of carbonyl (C=O) groups excluding carboxylic acids is 1. The molecule has 2 N–H and O–H groups in total. The van der Waals surface area contributed by atoms with Gasteiger partial charge in [-0.3, -0.25) is 4.79 Å². The van der Waals surface area contributed by atoms with Crippen molar-refractivity contribution in [2.75, 3.05) is 5.75 Å². The lowest BCUT2D eigenvalue weighted by molar-refractivity contribution is -0.140. The van der Waals surface area contributed by atoms with Crippen molar-refractivity contribution in [1.82, 2.24) is 14.7 Å². The van der Waals surface area contributed by atoms with E-state index in [0.717, 1.165) is 11.3 Å². The van der Waals surface area contributed by atoms with Crippen LogP contribution >= 0.6 is 11.8 Å². The molecule has 21 heavy (non-hydrogen) atoms. The zero-order valence-electron chi connectivity index (χ0n) is 11.7. The minimum atomic E-state index is -1.01. The standard InChI is InChI=1S/C14H17N3O3S/c1-10-2-3-13-16-11(7-17(13)6-10)8-21-5-4-12(14(19)20)15-9-18/h2-3,6-7,9,12H,4-5,8H2,1H3,(H,15,18)(H,19,20). The maximum Gasteiger partial charge on any atom is 0.326 e. The number of amides is 1. The second-order valence-corrected chi connectivity index (χ2v) is 5.83. The number of carboxylic acid groups (broad SMARTS) is 1. The number of aliphatic carboxylic acids is 1. The molecule has 0 radical (unpaired) electrons. The molecular weight excluding hydrogens is 290 g/mol. The van der Waals surface area contributed by atoms with Gasteiger partial charge in [0.1, 0.15) is 11.7 Å². The molecular formula is C14H17N3O3S. The molecule has 0 spiro atoms. The Morgan fingerprint density at radius 1 is 1.52 bits per heavy atom. The van der Waals surface area contributed by atoms with Gasteiger partial charge < -0.3 is 14.8 Å². The lowest BCUT2D eigenvalue weighted by Gasteiger charge is -2.09. The van der Waals surface area contributed by atoms with Crippen LogP contribution in [0.25, 0.3) is 5.65 Å². The summed E-state index contributed by atoms with van der Waals surface area (Å²) < 4.78 is 1.99. The van der Waals surface area contributed by atoms with E-state index in [1.54, 1.807) is 11.8 Å². The van der Waals surface area contributed by atoms with E-state index >= 15 is 0 Å². The first-order valence-corrected chi connectivity index (χ1v) is 7.70. The molecule has 0 aliphatic rings. The minimum absolute atomic E-state index is 0.394. The largest absolute Gasteiger partial charge is 0.480 e. The van der Waals surface area contributed by atoms with Gasteiger partial charge >= 0.3 is 5.97 Å². The van der Waals surface area contributed by atoms with Crippen molar-refractivity contribution in [3.63, 3.8) is 0 Å². The van der Waals surface area contributed by atoms with Crippen molar-refractivity contribution in [2.45, 2.75) is 25.1 Å². The number of rotatable bonds is 8. The minimum Gasteiger partial charge on any atom is -0.480 e. The van der Waals surface area contributed by atoms with E-state index in [-0.39, 0.29) is 0 Å². The molecule has 2 heterocycles. The lowest BCUT2D eigenvalue weighted by Crippen LogP contribution is -2.36. The number of hydrogen-bond donors (Lipinski definition) is 2. The van der Waals surface area contributed by atoms with E-state index in [0.29, 0.717) is 24.3 Å². The van der Waals surface area contributed by atoms with Crippen LogP contribution in [-0.4, -0.2) is 38.7 Å². The number of imidazole rings is 1. The molecule has 0 aliphatic heterocycles. The summed E-state index contributed by atoms with van der Waals surface area (Å²) in [6.07, 6.45) is 4.82. The van der Waals surface area contributed by atoms with Crippen LogP contribution in [0.4, 0.5) is 0 Å². The van der Waals surface area contributed by atoms with Gasteiger partial charge in [-0.15, -0.1) is 0 Å². The Morgan fingerprint density at radius 2 is 2.33 bits per heavy atom. The predicted octanol–water partition coefficient (Wildman–Crippen LogP) is 1.47. The summed E-state index contributed by atoms with van der Waals surface area (Å²) in [5.74, 6) is 0.352. The fourth-order valence-electron chi connectivity index (χ4n) is 1.96. The molecule has 0 aliphatic carbocycles. The molecule has 6 nitrogen and oxygen atoms in total. The first-order valence-electron chi connectivity index (χ1n) is 6.54. The van der Waals surface area contributed by atoms with Crippen LogP contribution in [-0.2, 0) is 15.3 Å². The molecule has 2 rings (SSSR count). The van der Waals surface area contributed by atoms with Gasteiger partial charge in [0.2, 0.25) is 6.41 Å². The van der Waals surface area contributed by atoms with Crippen molar-refractivity contribution in [2.24, 2.45) is 0 Å². The highest BCUT2D eigenvalue weighted by atomic mass is 32.2. The SMILES string of the molecule is Cc1ccc2nc(CSCCC(NC=O)C(=O)O)cn2c1. The monoisotopic (exact) mass is 307 g/mol. The number of hydrogen-bond acceptors (Lipinski definition) is 4. The maximum absolute atomic E-state index is 10.9. The number of carbonyl (C=O) groups is 2. The Hall–Kier alpha value is -2.02. The molecule has 112 valence electrons. The first-order chi connectivity index (χ1) is 10.1. The van der Waals surface area contributed by atoms with Gasteiger partial charge in [0.25, 0.3) is 0 Å². The van der Waals surface area contributed by atoms with Gasteiger partial charge in [0, 0.05) is 18.1 Å². The fourth-order valence-corrected chi connectivity index (χ4v) is 2.86. The maximum atomic E-state index is 10.9. The average Bonchev–Trinajstić information content (AvgIpc) is 2.83. The molecule has 2 aromatic rings. The van der Waals surface area contributed by atoms with Crippen LogP contribution in [0.2, 0.25) is 0 Å². The molecule has 1 atom stereocenters. The highest BCUT2D eigenvalue weighted by Gasteiger charge is 2.15. The molecule has 1 amide bonds. The van der Waals surface area contributed by atoms with Crippen LogP contribution in [0.5, 0.6) is 0 Å². The molecule has 1 unspecified atom stereocenters. The van der Waals surface area contributed by atoms with Crippen molar-refractivity contribution in [3.05, 3.63) is 35.8 Å². The van der Waals surface area contributed by atoms with Crippen molar-refractivity contribution in [1.29, 1.82) is 0 Å². The zero-order valence-corrected chi connectivity index (χ0v) is 12.5. The van der Waals surface area contributed by atoms with Crippen molar-refractivity contribution in [3.8, 4) is 0 Å². The van der Waals surface area contributed by atoms with E-state index in [9.17, 15) is 9.59 Å². The molecule has 0 saturated carbocycles. The average molecular weight is 307 g/mol. The van der Waals surface area contributed by atoms with Crippen molar-refractivity contribution >= 4 is 29.8 Å². The van der Waals surface area contributed by atoms with E-state index in [1.165, 1.54) is 5.56 Å². The second-order valence-electron chi connectivity index (χ2n) is 4.72. The normalized spacial score (nSPS) is 12.2. The second kappa shape index (κ2) is 7.12. The highest BCUT2D eigenvalue weighted by Crippen LogP contribution is 2.15. The topological polar surface area (TPSA) is 83.7 Å². The van der Waals surface area contributed by atoms with Crippen LogP contribution in [0.15, 0.2) is 24.5 Å². The Kier molecular flexibility index (Phi) is 5.21. The van der Waals surface area contributed by atoms with Crippen LogP contribution in [0, 0.1) is 6.92 Å². The summed E-state index contributed by atoms with van der Waals surface area (Å²) in [6, 6.07) is 3.17. The summed E-state index contributed by atoms with van der Waals surface area (Å²) in [4.78, 5) is 25.7. The summed E-state index contributed by atoms with van der Waals surface area (Å²) in [5.41, 5.74) is 3.03. The number of fused-ring (bicyclic) bond motifs is 1. The third-order valence-corrected chi connectivity index (χ3v) is 4.04. The highest BCUT2D eigenvalue weighted by molar-refractivity contribution is 7.98. The van der Waals surface area contributed by atoms with Crippen LogP contribution < -0.4 is 5.32 Å². The summed E-state index contributed by atoms with van der Waals surface area (Å²) >= 11 is 1.60. The Labute approximate surface area is 126 Å². The first kappa shape index (κ1) is 15.4. The predicted molar refractivity (Wildman–Crippen MR) is 81.3 cm³/mol. The smallest absolute Gasteiger partial charge is 0.326 e. The van der Waals surface area contributed by atoms with Gasteiger partial charge in [0.05, 0.1) is 5.69 Å². The zero-order chi connectivity index (χ0) is 15.2. The molecule has 2 aromatic heterocycles. The van der Waals surface area contributed by atoms with Gasteiger partial charge in [-0.05, 0) is 30.7 Å². The van der Waals surface area contributed by atoms with Crippen LogP contribution in [0.1, 0.15) is 17.7 Å². The summed E-state index contributed by atoms with van der Waals surface area (Å²) in [7, 11) is 0. The molecule has 0 bridgehead atoms. The van der Waals surface area contributed by atoms with Gasteiger partial charge in [-0.2, -0.15) is 11.8 Å². The number of pyridine rings is 1. The lowest BCUT2D eigenvalue weighted by atomic mass is 10.2. The Balaban J connectivity index is 1.84. The number of aryl methyl sites for hydroxylation is 1. The molecule has 0 aromatic carbocycles. The molecule has 0 fully saturated rings.